The summed E-state index contributed by atoms with van der Waals surface area (Å²) in [6, 6.07) is 8.59. The number of aromatic hydroxyl groups is 1. The topological polar surface area (TPSA) is 77.8 Å². The molecule has 1 aliphatic heterocycles. The van der Waals surface area contributed by atoms with Gasteiger partial charge in [-0.2, -0.15) is 0 Å². The number of amides is 1. The summed E-state index contributed by atoms with van der Waals surface area (Å²) in [5, 5.41) is 19.1. The minimum Gasteiger partial charge on any atom is -0.508 e. The number of carboxylic acid groups (broad SMARTS) is 1. The van der Waals surface area contributed by atoms with E-state index in [-0.39, 0.29) is 24.0 Å². The molecule has 2 atom stereocenters. The molecule has 0 radical (unpaired) electrons. The van der Waals surface area contributed by atoms with Crippen LogP contribution in [0.4, 0.5) is 5.69 Å². The molecule has 8 heteroatoms. The molecule has 3 rings (SSSR count). The molecule has 1 heterocycles. The van der Waals surface area contributed by atoms with Crippen LogP contribution in [0.5, 0.6) is 5.75 Å². The number of hydrogen-bond donors (Lipinski definition) is 2. The number of halogens is 2. The number of hydrogen-bond acceptors (Lipinski definition) is 4. The second kappa shape index (κ2) is 8.46. The van der Waals surface area contributed by atoms with E-state index in [0.29, 0.717) is 15.7 Å². The third kappa shape index (κ3) is 4.34. The maximum absolute atomic E-state index is 13.2. The number of benzene rings is 2. The highest BCUT2D eigenvalue weighted by atomic mass is 35.5. The first-order valence-corrected chi connectivity index (χ1v) is 10.8. The van der Waals surface area contributed by atoms with Crippen molar-refractivity contribution >= 4 is 52.5 Å². The Morgan fingerprint density at radius 3 is 2.48 bits per heavy atom. The van der Waals surface area contributed by atoms with Gasteiger partial charge in [-0.1, -0.05) is 43.1 Å². The van der Waals surface area contributed by atoms with Crippen molar-refractivity contribution in [2.75, 3.05) is 4.90 Å². The maximum Gasteiger partial charge on any atom is 0.305 e. The summed E-state index contributed by atoms with van der Waals surface area (Å²) in [5.41, 5.74) is 2.84. The molecule has 0 aliphatic carbocycles. The Kier molecular flexibility index (Phi) is 6.36. The van der Waals surface area contributed by atoms with Gasteiger partial charge in [0, 0.05) is 5.69 Å². The van der Waals surface area contributed by atoms with Gasteiger partial charge in [0.05, 0.1) is 21.7 Å². The summed E-state index contributed by atoms with van der Waals surface area (Å²) >= 11 is 13.5. The highest BCUT2D eigenvalue weighted by molar-refractivity contribution is 8.01. The molecular formula is C21H21Cl2NO4S. The van der Waals surface area contributed by atoms with Crippen LogP contribution >= 0.6 is 35.0 Å². The van der Waals surface area contributed by atoms with Crippen LogP contribution < -0.4 is 4.90 Å². The van der Waals surface area contributed by atoms with Gasteiger partial charge in [0.1, 0.15) is 11.1 Å². The molecule has 2 aromatic carbocycles. The van der Waals surface area contributed by atoms with E-state index < -0.39 is 16.6 Å². The van der Waals surface area contributed by atoms with E-state index in [1.54, 1.807) is 29.2 Å². The van der Waals surface area contributed by atoms with Gasteiger partial charge in [-0.15, -0.1) is 11.8 Å². The fraction of sp³-hybridized carbons (Fsp3) is 0.333. The number of nitrogens with zero attached hydrogens (tertiary/aromatic N) is 1. The SMILES string of the molecule is Cc1cc(O)c(C(C)C)cc1N1C(=O)C(CC(=O)O)SC1c1ccc(Cl)c(Cl)c1. The smallest absolute Gasteiger partial charge is 0.305 e. The number of aliphatic carboxylic acids is 1. The van der Waals surface area contributed by atoms with Crippen molar-refractivity contribution in [2.45, 2.75) is 43.7 Å². The molecule has 2 N–H and O–H groups in total. The first-order valence-electron chi connectivity index (χ1n) is 9.09. The van der Waals surface area contributed by atoms with Crippen molar-refractivity contribution in [1.29, 1.82) is 0 Å². The van der Waals surface area contributed by atoms with Crippen LogP contribution in [0.1, 0.15) is 48.3 Å². The van der Waals surface area contributed by atoms with E-state index in [9.17, 15) is 19.8 Å². The third-order valence-electron chi connectivity index (χ3n) is 4.86. The van der Waals surface area contributed by atoms with Crippen LogP contribution in [0.2, 0.25) is 10.0 Å². The maximum atomic E-state index is 13.2. The summed E-state index contributed by atoms with van der Waals surface area (Å²) < 4.78 is 0. The lowest BCUT2D eigenvalue weighted by Gasteiger charge is -2.27. The largest absolute Gasteiger partial charge is 0.508 e. The predicted octanol–water partition coefficient (Wildman–Crippen LogP) is 5.75. The van der Waals surface area contributed by atoms with Crippen LogP contribution in [-0.4, -0.2) is 27.3 Å². The average Bonchev–Trinajstić information content (AvgIpc) is 2.93. The van der Waals surface area contributed by atoms with E-state index >= 15 is 0 Å². The van der Waals surface area contributed by atoms with Gasteiger partial charge in [-0.25, -0.2) is 0 Å². The molecule has 0 saturated carbocycles. The predicted molar refractivity (Wildman–Crippen MR) is 117 cm³/mol. The number of aryl methyl sites for hydroxylation is 1. The second-order valence-corrected chi connectivity index (χ2v) is 9.41. The van der Waals surface area contributed by atoms with Crippen LogP contribution in [0.15, 0.2) is 30.3 Å². The van der Waals surface area contributed by atoms with Gasteiger partial charge < -0.3 is 10.2 Å². The summed E-state index contributed by atoms with van der Waals surface area (Å²) in [5.74, 6) is -1.08. The summed E-state index contributed by atoms with van der Waals surface area (Å²) in [6.07, 6.45) is -0.272. The molecule has 1 aliphatic rings. The van der Waals surface area contributed by atoms with Gasteiger partial charge in [0.15, 0.2) is 0 Å². The van der Waals surface area contributed by atoms with Crippen molar-refractivity contribution in [3.8, 4) is 5.75 Å². The fourth-order valence-electron chi connectivity index (χ4n) is 3.40. The van der Waals surface area contributed by atoms with Crippen molar-refractivity contribution in [3.05, 3.63) is 57.1 Å². The molecule has 0 aromatic heterocycles. The Hall–Kier alpha value is -1.89. The molecule has 5 nitrogen and oxygen atoms in total. The first-order chi connectivity index (χ1) is 13.6. The molecule has 1 amide bonds. The standard InChI is InChI=1S/C21H21Cl2NO4S/c1-10(2)13-8-16(11(3)6-17(13)25)24-20(28)18(9-19(26)27)29-21(24)12-4-5-14(22)15(23)7-12/h4-8,10,18,21,25H,9H2,1-3H3,(H,26,27). The van der Waals surface area contributed by atoms with E-state index in [2.05, 4.69) is 0 Å². The molecule has 1 fully saturated rings. The zero-order valence-corrected chi connectivity index (χ0v) is 18.5. The lowest BCUT2D eigenvalue weighted by atomic mass is 9.98. The minimum absolute atomic E-state index is 0.0537. The molecule has 0 bridgehead atoms. The Bertz CT molecular complexity index is 979. The number of rotatable bonds is 5. The van der Waals surface area contributed by atoms with Crippen LogP contribution in [0, 0.1) is 6.92 Å². The zero-order chi connectivity index (χ0) is 21.5. The number of phenolic OH excluding ortho intramolecular Hbond substituents is 1. The highest BCUT2D eigenvalue weighted by Gasteiger charge is 2.43. The van der Waals surface area contributed by atoms with E-state index in [1.807, 2.05) is 26.8 Å². The average molecular weight is 454 g/mol. The van der Waals surface area contributed by atoms with Gasteiger partial charge >= 0.3 is 5.97 Å². The first kappa shape index (κ1) is 21.8. The normalized spacial score (nSPS) is 19.2. The number of carboxylic acids is 1. The summed E-state index contributed by atoms with van der Waals surface area (Å²) in [4.78, 5) is 26.1. The van der Waals surface area contributed by atoms with Crippen LogP contribution in [-0.2, 0) is 9.59 Å². The highest BCUT2D eigenvalue weighted by Crippen LogP contribution is 2.49. The fourth-order valence-corrected chi connectivity index (χ4v) is 5.13. The Labute approximate surface area is 183 Å². The number of phenols is 1. The molecule has 154 valence electrons. The zero-order valence-electron chi connectivity index (χ0n) is 16.1. The lowest BCUT2D eigenvalue weighted by molar-refractivity contribution is -0.138. The Morgan fingerprint density at radius 1 is 1.21 bits per heavy atom. The van der Waals surface area contributed by atoms with E-state index in [1.165, 1.54) is 11.8 Å². The lowest BCUT2D eigenvalue weighted by Crippen LogP contribution is -2.32. The molecule has 1 saturated heterocycles. The molecular weight excluding hydrogens is 433 g/mol. The Morgan fingerprint density at radius 2 is 1.90 bits per heavy atom. The molecule has 2 unspecified atom stereocenters. The number of anilines is 1. The monoisotopic (exact) mass is 453 g/mol. The van der Waals surface area contributed by atoms with Crippen LogP contribution in [0.3, 0.4) is 0 Å². The third-order valence-corrected chi connectivity index (χ3v) is 7.03. The Balaban J connectivity index is 2.14. The van der Waals surface area contributed by atoms with Gasteiger partial charge in [-0.05, 0) is 53.8 Å². The molecule has 0 spiro atoms. The van der Waals surface area contributed by atoms with Crippen molar-refractivity contribution < 1.29 is 19.8 Å². The molecule has 29 heavy (non-hydrogen) atoms. The summed E-state index contributed by atoms with van der Waals surface area (Å²) in [6.45, 7) is 5.73. The number of thioether (sulfide) groups is 1. The molecule has 2 aromatic rings. The van der Waals surface area contributed by atoms with E-state index in [0.717, 1.165) is 16.7 Å². The van der Waals surface area contributed by atoms with Gasteiger partial charge in [0.2, 0.25) is 5.91 Å². The number of carbonyl (C=O) groups excluding carboxylic acids is 1. The quantitative estimate of drug-likeness (QED) is 0.601. The second-order valence-electron chi connectivity index (χ2n) is 7.31. The van der Waals surface area contributed by atoms with Crippen molar-refractivity contribution in [3.63, 3.8) is 0 Å². The minimum atomic E-state index is -1.03. The summed E-state index contributed by atoms with van der Waals surface area (Å²) in [7, 11) is 0. The number of carbonyl (C=O) groups is 2. The van der Waals surface area contributed by atoms with E-state index in [4.69, 9.17) is 23.2 Å². The van der Waals surface area contributed by atoms with Crippen molar-refractivity contribution in [2.24, 2.45) is 0 Å². The van der Waals surface area contributed by atoms with Crippen LogP contribution in [0.25, 0.3) is 0 Å². The van der Waals surface area contributed by atoms with Gasteiger partial charge in [-0.3, -0.25) is 14.5 Å². The van der Waals surface area contributed by atoms with Gasteiger partial charge in [0.25, 0.3) is 0 Å². The van der Waals surface area contributed by atoms with Crippen molar-refractivity contribution in [1.82, 2.24) is 0 Å².